The van der Waals surface area contributed by atoms with Crippen LogP contribution in [0.3, 0.4) is 0 Å². The normalized spacial score (nSPS) is 8.60. The van der Waals surface area contributed by atoms with E-state index in [1.54, 1.807) is 0 Å². The highest BCUT2D eigenvalue weighted by Gasteiger charge is 1.99. The van der Waals surface area contributed by atoms with E-state index in [1.807, 2.05) is 0 Å². The summed E-state index contributed by atoms with van der Waals surface area (Å²) in [6.07, 6.45) is 0.414. The van der Waals surface area contributed by atoms with Crippen molar-refractivity contribution in [2.24, 2.45) is 5.11 Å². The number of nitrogens with zero attached hydrogens (tertiary/aromatic N) is 4. The molecule has 0 radical (unpaired) electrons. The predicted molar refractivity (Wildman–Crippen MR) is 56.4 cm³/mol. The van der Waals surface area contributed by atoms with Crippen molar-refractivity contribution in [2.45, 2.75) is 6.42 Å². The van der Waals surface area contributed by atoms with Crippen molar-refractivity contribution in [3.05, 3.63) is 33.4 Å². The van der Waals surface area contributed by atoms with Crippen LogP contribution in [0, 0.1) is 11.8 Å². The quantitative estimate of drug-likeness (QED) is 0.208. The molecular weight excluding hydrogens is 216 g/mol. The van der Waals surface area contributed by atoms with Gasteiger partial charge in [0, 0.05) is 17.9 Å². The van der Waals surface area contributed by atoms with Gasteiger partial charge in [-0.05, 0) is 23.6 Å². The van der Waals surface area contributed by atoms with Crippen LogP contribution in [-0.4, -0.2) is 16.6 Å². The molecule has 15 heavy (non-hydrogen) atoms. The minimum atomic E-state index is -0.0179. The first kappa shape index (κ1) is 11.2. The molecule has 1 rings (SSSR count). The molecule has 0 aliphatic carbocycles. The molecule has 0 saturated carbocycles. The molecule has 0 aliphatic heterocycles. The summed E-state index contributed by atoms with van der Waals surface area (Å²) in [7, 11) is 0. The van der Waals surface area contributed by atoms with E-state index in [0.717, 1.165) is 0 Å². The van der Waals surface area contributed by atoms with Crippen molar-refractivity contribution in [1.82, 2.24) is 4.98 Å². The largest absolute Gasteiger partial charge is 0.505 e. The van der Waals surface area contributed by atoms with E-state index in [9.17, 15) is 5.11 Å². The summed E-state index contributed by atoms with van der Waals surface area (Å²) in [5.41, 5.74) is 8.23. The summed E-state index contributed by atoms with van der Waals surface area (Å²) >= 11 is 5.62. The van der Waals surface area contributed by atoms with Crippen LogP contribution in [0.1, 0.15) is 12.1 Å². The second-order valence-corrected chi connectivity index (χ2v) is 2.90. The van der Waals surface area contributed by atoms with Crippen molar-refractivity contribution in [3.8, 4) is 17.6 Å². The van der Waals surface area contributed by atoms with Crippen molar-refractivity contribution in [2.75, 3.05) is 6.54 Å². The van der Waals surface area contributed by atoms with Crippen LogP contribution in [0.4, 0.5) is 0 Å². The molecule has 0 unspecified atom stereocenters. The topological polar surface area (TPSA) is 81.9 Å². The molecule has 6 heteroatoms. The van der Waals surface area contributed by atoms with Gasteiger partial charge in [0.2, 0.25) is 0 Å². The Labute approximate surface area is 91.3 Å². The van der Waals surface area contributed by atoms with Gasteiger partial charge in [-0.15, -0.1) is 0 Å². The Morgan fingerprint density at radius 2 is 2.40 bits per heavy atom. The van der Waals surface area contributed by atoms with E-state index in [1.165, 1.54) is 12.1 Å². The van der Waals surface area contributed by atoms with Crippen molar-refractivity contribution < 1.29 is 5.11 Å². The number of aromatic nitrogens is 1. The second kappa shape index (κ2) is 5.76. The maximum atomic E-state index is 9.33. The molecule has 76 valence electrons. The van der Waals surface area contributed by atoms with E-state index < -0.39 is 0 Å². The summed E-state index contributed by atoms with van der Waals surface area (Å²) in [6.45, 7) is 0.296. The fraction of sp³-hybridized carbons (Fsp3) is 0.222. The Morgan fingerprint density at radius 3 is 3.13 bits per heavy atom. The van der Waals surface area contributed by atoms with Crippen molar-refractivity contribution in [3.63, 3.8) is 0 Å². The SMILES string of the molecule is [N-]=[N+]=NCCC#Cc1nc(Cl)ccc1O. The lowest BCUT2D eigenvalue weighted by Crippen LogP contribution is -1.84. The van der Waals surface area contributed by atoms with E-state index in [-0.39, 0.29) is 16.6 Å². The van der Waals surface area contributed by atoms with Crippen LogP contribution < -0.4 is 0 Å². The predicted octanol–water partition coefficient (Wildman–Crippen LogP) is 2.49. The molecule has 0 amide bonds. The van der Waals surface area contributed by atoms with Crippen LogP contribution in [-0.2, 0) is 0 Å². The Bertz CT molecular complexity index is 457. The van der Waals surface area contributed by atoms with Gasteiger partial charge in [-0.1, -0.05) is 22.6 Å². The monoisotopic (exact) mass is 222 g/mol. The number of hydrogen-bond acceptors (Lipinski definition) is 3. The summed E-state index contributed by atoms with van der Waals surface area (Å²) in [6, 6.07) is 2.90. The molecule has 0 bridgehead atoms. The number of aromatic hydroxyl groups is 1. The lowest BCUT2D eigenvalue weighted by molar-refractivity contribution is 0.471. The number of rotatable bonds is 2. The molecule has 0 aromatic carbocycles. The molecule has 0 atom stereocenters. The van der Waals surface area contributed by atoms with E-state index in [2.05, 4.69) is 26.9 Å². The summed E-state index contributed by atoms with van der Waals surface area (Å²) in [5.74, 6) is 5.32. The number of hydrogen-bond donors (Lipinski definition) is 1. The summed E-state index contributed by atoms with van der Waals surface area (Å²) in [5, 5.41) is 12.9. The van der Waals surface area contributed by atoms with Gasteiger partial charge < -0.3 is 5.11 Å². The number of azide groups is 1. The van der Waals surface area contributed by atoms with E-state index >= 15 is 0 Å². The third-order valence-electron chi connectivity index (χ3n) is 1.45. The first-order chi connectivity index (χ1) is 7.24. The maximum Gasteiger partial charge on any atom is 0.156 e. The van der Waals surface area contributed by atoms with Crippen LogP contribution in [0.25, 0.3) is 10.4 Å². The molecule has 0 fully saturated rings. The molecule has 1 aromatic rings. The Balaban J connectivity index is 2.70. The van der Waals surface area contributed by atoms with Crippen molar-refractivity contribution >= 4 is 11.6 Å². The third kappa shape index (κ3) is 3.77. The Kier molecular flexibility index (Phi) is 4.30. The summed E-state index contributed by atoms with van der Waals surface area (Å²) in [4.78, 5) is 6.41. The fourth-order valence-corrected chi connectivity index (χ4v) is 0.964. The molecule has 0 spiro atoms. The smallest absolute Gasteiger partial charge is 0.156 e. The van der Waals surface area contributed by atoms with Crippen molar-refractivity contribution in [1.29, 1.82) is 0 Å². The highest BCUT2D eigenvalue weighted by molar-refractivity contribution is 6.29. The third-order valence-corrected chi connectivity index (χ3v) is 1.66. The maximum absolute atomic E-state index is 9.33. The molecular formula is C9H7ClN4O. The van der Waals surface area contributed by atoms with Crippen LogP contribution in [0.5, 0.6) is 5.75 Å². The van der Waals surface area contributed by atoms with Gasteiger partial charge in [0.05, 0.1) is 0 Å². The van der Waals surface area contributed by atoms with Crippen LogP contribution in [0.2, 0.25) is 5.15 Å². The molecule has 1 aromatic heterocycles. The minimum absolute atomic E-state index is 0.0179. The standard InChI is InChI=1S/C9H7ClN4O/c10-9-5-4-8(15)7(13-9)3-1-2-6-12-14-11/h4-5,15H,2,6H2. The molecule has 1 heterocycles. The Morgan fingerprint density at radius 1 is 1.60 bits per heavy atom. The lowest BCUT2D eigenvalue weighted by atomic mass is 10.3. The fourth-order valence-electron chi connectivity index (χ4n) is 0.817. The van der Waals surface area contributed by atoms with E-state index in [0.29, 0.717) is 13.0 Å². The zero-order valence-corrected chi connectivity index (χ0v) is 8.44. The van der Waals surface area contributed by atoms with Crippen LogP contribution in [0.15, 0.2) is 17.2 Å². The average molecular weight is 223 g/mol. The van der Waals surface area contributed by atoms with E-state index in [4.69, 9.17) is 17.1 Å². The number of halogens is 1. The molecule has 0 saturated heterocycles. The average Bonchev–Trinajstić information content (AvgIpc) is 2.23. The van der Waals surface area contributed by atoms with Gasteiger partial charge in [-0.2, -0.15) is 0 Å². The van der Waals surface area contributed by atoms with Gasteiger partial charge >= 0.3 is 0 Å². The zero-order valence-electron chi connectivity index (χ0n) is 7.68. The van der Waals surface area contributed by atoms with Crippen LogP contribution >= 0.6 is 11.6 Å². The lowest BCUT2D eigenvalue weighted by Gasteiger charge is -1.95. The highest BCUT2D eigenvalue weighted by Crippen LogP contribution is 2.15. The molecule has 0 aliphatic rings. The zero-order chi connectivity index (χ0) is 11.1. The Hall–Kier alpha value is -1.89. The van der Waals surface area contributed by atoms with Gasteiger partial charge in [0.1, 0.15) is 10.9 Å². The molecule has 1 N–H and O–H groups in total. The van der Waals surface area contributed by atoms with Gasteiger partial charge in [-0.25, -0.2) is 4.98 Å². The number of pyridine rings is 1. The minimum Gasteiger partial charge on any atom is -0.505 e. The first-order valence-corrected chi connectivity index (χ1v) is 4.47. The first-order valence-electron chi connectivity index (χ1n) is 4.09. The molecule has 5 nitrogen and oxygen atoms in total. The van der Waals surface area contributed by atoms with Gasteiger partial charge in [-0.3, -0.25) is 0 Å². The highest BCUT2D eigenvalue weighted by atomic mass is 35.5. The summed E-state index contributed by atoms with van der Waals surface area (Å²) < 4.78 is 0. The second-order valence-electron chi connectivity index (χ2n) is 2.51. The van der Waals surface area contributed by atoms with Gasteiger partial charge in [0.15, 0.2) is 5.69 Å². The van der Waals surface area contributed by atoms with Gasteiger partial charge in [0.25, 0.3) is 0 Å².